The molecule has 1 amide bonds. The van der Waals surface area contributed by atoms with Gasteiger partial charge in [-0.2, -0.15) is 0 Å². The Morgan fingerprint density at radius 2 is 1.46 bits per heavy atom. The lowest BCUT2D eigenvalue weighted by Gasteiger charge is -2.28. The molecule has 0 heterocycles. The lowest BCUT2D eigenvalue weighted by molar-refractivity contribution is 0.1000. The normalized spacial score (nSPS) is 11.0. The summed E-state index contributed by atoms with van der Waals surface area (Å²) in [6.45, 7) is 3.09. The summed E-state index contributed by atoms with van der Waals surface area (Å²) in [5, 5.41) is 0. The van der Waals surface area contributed by atoms with Crippen LogP contribution in [0.5, 0.6) is 11.5 Å². The summed E-state index contributed by atoms with van der Waals surface area (Å²) >= 11 is 0. The summed E-state index contributed by atoms with van der Waals surface area (Å²) in [6, 6.07) is 36.6. The molecule has 0 saturated carbocycles. The van der Waals surface area contributed by atoms with Gasteiger partial charge in [-0.15, -0.1) is 0 Å². The maximum absolute atomic E-state index is 11.5. The van der Waals surface area contributed by atoms with Crippen LogP contribution in [0.3, 0.4) is 0 Å². The van der Waals surface area contributed by atoms with E-state index in [-0.39, 0.29) is 5.92 Å². The Hall–Kier alpha value is -4.09. The summed E-state index contributed by atoms with van der Waals surface area (Å²) in [4.78, 5) is 14.0. The molecule has 0 aliphatic carbocycles. The van der Waals surface area contributed by atoms with E-state index in [2.05, 4.69) is 77.7 Å². The number of methoxy groups -OCH3 is 1. The van der Waals surface area contributed by atoms with E-state index in [1.54, 1.807) is 25.3 Å². The maximum Gasteiger partial charge on any atom is 0.248 e. The van der Waals surface area contributed by atoms with Crippen LogP contribution in [0.4, 0.5) is 0 Å². The quantitative estimate of drug-likeness (QED) is 0.235. The Balaban J connectivity index is 1.48. The first kappa shape index (κ1) is 26.0. The standard InChI is InChI=1S/C32H34N2O3/c1-36-29-18-16-25(17-19-29)23-34(20-9-21-37-30-15-8-14-28(22-30)32(33)35)24-31(26-10-4-2-5-11-26)27-12-6-3-7-13-27/h2-8,10-19,22,31H,9,20-21,23-24H2,1H3,(H2,33,35). The second-order valence-electron chi connectivity index (χ2n) is 9.05. The van der Waals surface area contributed by atoms with Crippen molar-refractivity contribution in [1.29, 1.82) is 0 Å². The van der Waals surface area contributed by atoms with Crippen molar-refractivity contribution < 1.29 is 14.3 Å². The van der Waals surface area contributed by atoms with Crippen LogP contribution < -0.4 is 15.2 Å². The molecule has 4 aromatic carbocycles. The number of amides is 1. The number of hydrogen-bond acceptors (Lipinski definition) is 4. The molecule has 0 unspecified atom stereocenters. The number of ether oxygens (including phenoxy) is 2. The molecule has 0 aromatic heterocycles. The molecular weight excluding hydrogens is 460 g/mol. The van der Waals surface area contributed by atoms with Crippen LogP contribution in [-0.2, 0) is 6.54 Å². The molecule has 0 saturated heterocycles. The van der Waals surface area contributed by atoms with E-state index in [1.165, 1.54) is 16.7 Å². The molecule has 0 aliphatic rings. The van der Waals surface area contributed by atoms with Gasteiger partial charge in [-0.1, -0.05) is 78.9 Å². The summed E-state index contributed by atoms with van der Waals surface area (Å²) < 4.78 is 11.3. The van der Waals surface area contributed by atoms with Gasteiger partial charge in [0.1, 0.15) is 11.5 Å². The van der Waals surface area contributed by atoms with Gasteiger partial charge >= 0.3 is 0 Å². The van der Waals surface area contributed by atoms with E-state index in [9.17, 15) is 4.79 Å². The summed E-state index contributed by atoms with van der Waals surface area (Å²) in [5.74, 6) is 1.30. The maximum atomic E-state index is 11.5. The zero-order valence-corrected chi connectivity index (χ0v) is 21.3. The molecule has 4 rings (SSSR count). The average Bonchev–Trinajstić information content (AvgIpc) is 2.95. The number of benzene rings is 4. The third-order valence-electron chi connectivity index (χ3n) is 6.42. The van der Waals surface area contributed by atoms with E-state index < -0.39 is 5.91 Å². The molecule has 0 atom stereocenters. The number of carbonyl (C=O) groups excluding carboxylic acids is 1. The van der Waals surface area contributed by atoms with Crippen LogP contribution in [-0.4, -0.2) is 37.6 Å². The molecule has 0 fully saturated rings. The molecule has 37 heavy (non-hydrogen) atoms. The number of nitrogens with zero attached hydrogens (tertiary/aromatic N) is 1. The first-order valence-electron chi connectivity index (χ1n) is 12.6. The summed E-state index contributed by atoms with van der Waals surface area (Å²) in [6.07, 6.45) is 0.841. The summed E-state index contributed by atoms with van der Waals surface area (Å²) in [5.41, 5.74) is 9.68. The van der Waals surface area contributed by atoms with Crippen molar-refractivity contribution in [2.45, 2.75) is 18.9 Å². The number of hydrogen-bond donors (Lipinski definition) is 1. The molecule has 5 nitrogen and oxygen atoms in total. The lowest BCUT2D eigenvalue weighted by Crippen LogP contribution is -2.30. The van der Waals surface area contributed by atoms with Gasteiger partial charge in [0, 0.05) is 31.1 Å². The fraction of sp³-hybridized carbons (Fsp3) is 0.219. The van der Waals surface area contributed by atoms with E-state index in [0.29, 0.717) is 17.9 Å². The van der Waals surface area contributed by atoms with E-state index in [1.807, 2.05) is 18.2 Å². The van der Waals surface area contributed by atoms with Crippen LogP contribution in [0.25, 0.3) is 0 Å². The van der Waals surface area contributed by atoms with Crippen LogP contribution in [0, 0.1) is 0 Å². The molecule has 2 N–H and O–H groups in total. The van der Waals surface area contributed by atoms with Gasteiger partial charge in [0.05, 0.1) is 13.7 Å². The molecule has 0 aliphatic heterocycles. The van der Waals surface area contributed by atoms with Crippen molar-refractivity contribution >= 4 is 5.91 Å². The van der Waals surface area contributed by atoms with Crippen LogP contribution in [0.1, 0.15) is 39.4 Å². The Bertz CT molecular complexity index is 1200. The zero-order chi connectivity index (χ0) is 25.9. The monoisotopic (exact) mass is 494 g/mol. The first-order chi connectivity index (χ1) is 18.1. The Labute approximate surface area is 219 Å². The SMILES string of the molecule is COc1ccc(CN(CCCOc2cccc(C(N)=O)c2)CC(c2ccccc2)c2ccccc2)cc1. The predicted octanol–water partition coefficient (Wildman–Crippen LogP) is 5.90. The van der Waals surface area contributed by atoms with Gasteiger partial charge in [0.15, 0.2) is 0 Å². The van der Waals surface area contributed by atoms with Crippen LogP contribution >= 0.6 is 0 Å². The van der Waals surface area contributed by atoms with Gasteiger partial charge < -0.3 is 15.2 Å². The average molecular weight is 495 g/mol. The van der Waals surface area contributed by atoms with Crippen molar-refractivity contribution in [3.8, 4) is 11.5 Å². The fourth-order valence-corrected chi connectivity index (χ4v) is 4.47. The lowest BCUT2D eigenvalue weighted by atomic mass is 9.90. The van der Waals surface area contributed by atoms with Crippen molar-refractivity contribution in [2.24, 2.45) is 5.73 Å². The highest BCUT2D eigenvalue weighted by Crippen LogP contribution is 2.27. The van der Waals surface area contributed by atoms with Gasteiger partial charge in [0.2, 0.25) is 5.91 Å². The highest BCUT2D eigenvalue weighted by molar-refractivity contribution is 5.93. The van der Waals surface area contributed by atoms with Crippen molar-refractivity contribution in [3.05, 3.63) is 131 Å². The van der Waals surface area contributed by atoms with Gasteiger partial charge in [-0.05, 0) is 53.4 Å². The minimum atomic E-state index is -0.455. The minimum Gasteiger partial charge on any atom is -0.497 e. The van der Waals surface area contributed by atoms with E-state index in [0.717, 1.165) is 31.8 Å². The van der Waals surface area contributed by atoms with Crippen LogP contribution in [0.2, 0.25) is 0 Å². The molecule has 0 spiro atoms. The summed E-state index contributed by atoms with van der Waals surface area (Å²) in [7, 11) is 1.69. The number of carbonyl (C=O) groups is 1. The zero-order valence-electron chi connectivity index (χ0n) is 21.3. The minimum absolute atomic E-state index is 0.244. The Kier molecular flexibility index (Phi) is 9.33. The van der Waals surface area contributed by atoms with E-state index >= 15 is 0 Å². The topological polar surface area (TPSA) is 64.8 Å². The Morgan fingerprint density at radius 3 is 2.05 bits per heavy atom. The number of nitrogens with two attached hydrogens (primary N) is 1. The predicted molar refractivity (Wildman–Crippen MR) is 148 cm³/mol. The largest absolute Gasteiger partial charge is 0.497 e. The molecule has 0 bridgehead atoms. The smallest absolute Gasteiger partial charge is 0.248 e. The van der Waals surface area contributed by atoms with Gasteiger partial charge in [-0.3, -0.25) is 9.69 Å². The second-order valence-corrected chi connectivity index (χ2v) is 9.05. The first-order valence-corrected chi connectivity index (χ1v) is 12.6. The molecule has 190 valence electrons. The highest BCUT2D eigenvalue weighted by Gasteiger charge is 2.18. The fourth-order valence-electron chi connectivity index (χ4n) is 4.47. The van der Waals surface area contributed by atoms with Crippen LogP contribution in [0.15, 0.2) is 109 Å². The second kappa shape index (κ2) is 13.3. The van der Waals surface area contributed by atoms with Crippen molar-refractivity contribution in [2.75, 3.05) is 26.8 Å². The molecule has 5 heteroatoms. The number of primary amides is 1. The Morgan fingerprint density at radius 1 is 0.811 bits per heavy atom. The third-order valence-corrected chi connectivity index (χ3v) is 6.42. The van der Waals surface area contributed by atoms with Gasteiger partial charge in [-0.25, -0.2) is 0 Å². The highest BCUT2D eigenvalue weighted by atomic mass is 16.5. The van der Waals surface area contributed by atoms with Crippen molar-refractivity contribution in [3.63, 3.8) is 0 Å². The van der Waals surface area contributed by atoms with Crippen molar-refractivity contribution in [1.82, 2.24) is 4.90 Å². The van der Waals surface area contributed by atoms with Gasteiger partial charge in [0.25, 0.3) is 0 Å². The molecule has 4 aromatic rings. The third kappa shape index (κ3) is 7.69. The molecular formula is C32H34N2O3. The van der Waals surface area contributed by atoms with E-state index in [4.69, 9.17) is 15.2 Å². The number of rotatable bonds is 13. The molecule has 0 radical (unpaired) electrons.